The van der Waals surface area contributed by atoms with Crippen molar-refractivity contribution in [3.63, 3.8) is 0 Å². The molecule has 13 nitrogen and oxygen atoms in total. The minimum Gasteiger partial charge on any atom is -0.357 e. The second-order valence-electron chi connectivity index (χ2n) is 21.2. The maximum atomic E-state index is 14.7. The summed E-state index contributed by atoms with van der Waals surface area (Å²) in [4.78, 5) is 80.8. The summed E-state index contributed by atoms with van der Waals surface area (Å²) in [7, 11) is 5.72. The van der Waals surface area contributed by atoms with E-state index in [1.165, 1.54) is 0 Å². The SMILES string of the molecule is C=C.C=C[C@@H]1C[C@]1(NC(=O)[C@@H]1CC2(CN1C(=O)[C@@H](NC(=O)C(NC=O)C1CCCCC1)C(C)(C)C)C(C)(C)C21CCC1)C(=O)NC.C=O.CCN1CCC[C@H]1F.CN(C)C(C)(C)C. The number of rotatable bonds is 11. The van der Waals surface area contributed by atoms with E-state index in [2.05, 4.69) is 94.6 Å². The summed E-state index contributed by atoms with van der Waals surface area (Å²) in [6, 6.07) is -2.39. The Morgan fingerprint density at radius 2 is 1.48 bits per heavy atom. The van der Waals surface area contributed by atoms with Crippen LogP contribution in [0.3, 0.4) is 0 Å². The average Bonchev–Trinajstić information content (AvgIpc) is 3.79. The lowest BCUT2D eigenvalue weighted by Crippen LogP contribution is -2.61. The number of amides is 5. The highest BCUT2D eigenvalue weighted by Crippen LogP contribution is 2.88. The number of carbonyl (C=O) groups excluding carboxylic acids is 6. The number of likely N-dealkylation sites (tertiary alicyclic amines) is 2. The Bertz CT molecular complexity index is 1570. The van der Waals surface area contributed by atoms with Gasteiger partial charge >= 0.3 is 0 Å². The lowest BCUT2D eigenvalue weighted by molar-refractivity contribution is -0.145. The summed E-state index contributed by atoms with van der Waals surface area (Å²) < 4.78 is 12.5. The molecule has 6 fully saturated rings. The smallest absolute Gasteiger partial charge is 0.246 e. The van der Waals surface area contributed by atoms with Gasteiger partial charge in [-0.1, -0.05) is 73.3 Å². The van der Waals surface area contributed by atoms with Crippen molar-refractivity contribution in [2.75, 3.05) is 40.8 Å². The number of fused-ring (bicyclic) bond motifs is 1. The van der Waals surface area contributed by atoms with Crippen LogP contribution in [0, 0.1) is 33.5 Å². The maximum Gasteiger partial charge on any atom is 0.246 e. The van der Waals surface area contributed by atoms with Gasteiger partial charge in [0, 0.05) is 37.0 Å². The van der Waals surface area contributed by atoms with E-state index in [1.807, 2.05) is 39.4 Å². The lowest BCUT2D eigenvalue weighted by Gasteiger charge is -2.37. The molecule has 0 radical (unpaired) electrons. The molecule has 4 saturated carbocycles. The summed E-state index contributed by atoms with van der Waals surface area (Å²) in [6.45, 7) is 32.9. The van der Waals surface area contributed by atoms with E-state index in [1.54, 1.807) is 18.0 Å². The standard InChI is InChI=1S/C34H53N5O5.C6H12FN.C6H15N.C2H4.CH2O/c1-8-22-17-34(22,29(44)35-7)38-26(41)23-18-33(31(5,6)32(33)15-12-16-32)19-39(23)28(43)25(30(2,3)4)37-27(42)24(36-20-40)21-13-10-9-11-14-21;1-2-8-5-3-4-6(8)7;1-6(2,3)7(4)5;2*1-2/h8,20-25H,1,9-19H2,2-7H3,(H,35,44)(H,36,40)(H,37,42)(H,38,41);6H,2-5H2,1H3;1-5H3;1-2H2;1H2/t22-,23+,24?,25-,33?,34-;6-;;;/m10.../s1. The topological polar surface area (TPSA) is 160 Å². The molecular formula is C49H86FN7O6. The Balaban J connectivity index is 0.000000600. The van der Waals surface area contributed by atoms with Crippen molar-refractivity contribution in [1.82, 2.24) is 36.0 Å². The second-order valence-corrected chi connectivity index (χ2v) is 21.2. The Labute approximate surface area is 379 Å². The fraction of sp³-hybridized carbons (Fsp3) is 0.796. The number of nitrogens with zero attached hydrogens (tertiary/aromatic N) is 3. The molecule has 0 aromatic heterocycles. The van der Waals surface area contributed by atoms with Crippen LogP contribution in [0.15, 0.2) is 25.8 Å². The largest absolute Gasteiger partial charge is 0.357 e. The highest BCUT2D eigenvalue weighted by atomic mass is 19.1. The molecule has 14 heteroatoms. The molecule has 6 aliphatic rings. The van der Waals surface area contributed by atoms with Crippen LogP contribution in [0.4, 0.5) is 4.39 Å². The van der Waals surface area contributed by atoms with E-state index in [9.17, 15) is 28.4 Å². The van der Waals surface area contributed by atoms with Gasteiger partial charge in [0.1, 0.15) is 30.5 Å². The van der Waals surface area contributed by atoms with Crippen LogP contribution in [0.5, 0.6) is 0 Å². The third-order valence-electron chi connectivity index (χ3n) is 15.8. The second kappa shape index (κ2) is 22.5. The number of hydrogen-bond acceptors (Lipinski definition) is 8. The lowest BCUT2D eigenvalue weighted by atomic mass is 9.73. The third-order valence-corrected chi connectivity index (χ3v) is 15.8. The van der Waals surface area contributed by atoms with E-state index in [-0.39, 0.29) is 51.7 Å². The molecular weight excluding hydrogens is 802 g/mol. The van der Waals surface area contributed by atoms with Gasteiger partial charge in [-0.15, -0.1) is 19.7 Å². The predicted octanol–water partition coefficient (Wildman–Crippen LogP) is 6.18. The molecule has 2 spiro atoms. The van der Waals surface area contributed by atoms with E-state index in [0.717, 1.165) is 77.3 Å². The van der Waals surface area contributed by atoms with Crippen LogP contribution >= 0.6 is 0 Å². The molecule has 6 rings (SSSR count). The maximum absolute atomic E-state index is 14.7. The normalized spacial score (nSPS) is 28.6. The number of halogens is 1. The molecule has 0 bridgehead atoms. The van der Waals surface area contributed by atoms with Crippen molar-refractivity contribution in [2.45, 2.75) is 175 Å². The fourth-order valence-electron chi connectivity index (χ4n) is 10.8. The van der Waals surface area contributed by atoms with Crippen LogP contribution < -0.4 is 21.3 Å². The quantitative estimate of drug-likeness (QED) is 0.109. The van der Waals surface area contributed by atoms with Gasteiger partial charge in [-0.2, -0.15) is 0 Å². The summed E-state index contributed by atoms with van der Waals surface area (Å²) in [6.07, 6.45) is 12.5. The number of nitrogens with one attached hydrogen (secondary N) is 4. The van der Waals surface area contributed by atoms with Gasteiger partial charge in [-0.25, -0.2) is 4.39 Å². The van der Waals surface area contributed by atoms with E-state index < -0.39 is 35.4 Å². The molecule has 4 N–H and O–H groups in total. The van der Waals surface area contributed by atoms with Gasteiger partial charge in [-0.3, -0.25) is 28.9 Å². The highest BCUT2D eigenvalue weighted by Gasteiger charge is 2.85. The molecule has 7 atom stereocenters. The van der Waals surface area contributed by atoms with Gasteiger partial charge < -0.3 is 35.9 Å². The molecule has 2 aliphatic heterocycles. The Morgan fingerprint density at radius 3 is 1.84 bits per heavy atom. The monoisotopic (exact) mass is 888 g/mol. The van der Waals surface area contributed by atoms with Crippen LogP contribution in [-0.2, 0) is 28.8 Å². The van der Waals surface area contributed by atoms with Crippen LogP contribution in [0.2, 0.25) is 0 Å². The van der Waals surface area contributed by atoms with Gasteiger partial charge in [-0.05, 0) is 115 Å². The van der Waals surface area contributed by atoms with Crippen molar-refractivity contribution in [3.8, 4) is 0 Å². The molecule has 5 amide bonds. The van der Waals surface area contributed by atoms with Crippen LogP contribution in [0.25, 0.3) is 0 Å². The van der Waals surface area contributed by atoms with E-state index >= 15 is 0 Å². The molecule has 2 heterocycles. The Hall–Kier alpha value is -3.65. The van der Waals surface area contributed by atoms with Gasteiger partial charge in [0.05, 0.1) is 0 Å². The van der Waals surface area contributed by atoms with Gasteiger partial charge in [0.15, 0.2) is 6.30 Å². The molecule has 2 saturated heterocycles. The van der Waals surface area contributed by atoms with Crippen molar-refractivity contribution in [1.29, 1.82) is 0 Å². The first-order chi connectivity index (χ1) is 29.4. The molecule has 4 aliphatic carbocycles. The Kier molecular flexibility index (Phi) is 19.8. The van der Waals surface area contributed by atoms with Crippen molar-refractivity contribution >= 4 is 36.8 Å². The van der Waals surface area contributed by atoms with Crippen molar-refractivity contribution in [3.05, 3.63) is 25.8 Å². The minimum atomic E-state index is -1.06. The van der Waals surface area contributed by atoms with E-state index in [0.29, 0.717) is 31.3 Å². The number of carbonyl (C=O) groups is 6. The first kappa shape index (κ1) is 55.5. The Morgan fingerprint density at radius 1 is 0.905 bits per heavy atom. The van der Waals surface area contributed by atoms with Gasteiger partial charge in [0.25, 0.3) is 0 Å². The fourth-order valence-corrected chi connectivity index (χ4v) is 10.8. The zero-order chi connectivity index (χ0) is 48.4. The molecule has 360 valence electrons. The van der Waals surface area contributed by atoms with E-state index in [4.69, 9.17) is 4.79 Å². The molecule has 2 unspecified atom stereocenters. The van der Waals surface area contributed by atoms with Crippen molar-refractivity contribution < 1.29 is 33.2 Å². The van der Waals surface area contributed by atoms with Crippen molar-refractivity contribution in [2.24, 2.45) is 33.5 Å². The first-order valence-electron chi connectivity index (χ1n) is 23.3. The number of hydrogen-bond donors (Lipinski definition) is 4. The zero-order valence-electron chi connectivity index (χ0n) is 41.2. The molecule has 0 aromatic carbocycles. The minimum absolute atomic E-state index is 0.0150. The number of likely N-dealkylation sites (N-methyl/N-ethyl adjacent to an activating group) is 1. The highest BCUT2D eigenvalue weighted by molar-refractivity contribution is 5.99. The summed E-state index contributed by atoms with van der Waals surface area (Å²) in [5.41, 5.74) is -1.53. The average molecular weight is 888 g/mol. The number of alkyl halides is 1. The van der Waals surface area contributed by atoms with Gasteiger partial charge in [0.2, 0.25) is 30.0 Å². The summed E-state index contributed by atoms with van der Waals surface area (Å²) in [5.74, 6) is -1.41. The predicted molar refractivity (Wildman–Crippen MR) is 250 cm³/mol. The van der Waals surface area contributed by atoms with Crippen LogP contribution in [-0.4, -0.2) is 128 Å². The molecule has 0 aromatic rings. The molecule has 63 heavy (non-hydrogen) atoms. The van der Waals surface area contributed by atoms with Crippen LogP contribution in [0.1, 0.15) is 139 Å². The third kappa shape index (κ3) is 11.6. The first-order valence-corrected chi connectivity index (χ1v) is 23.3. The zero-order valence-corrected chi connectivity index (χ0v) is 41.2. The summed E-state index contributed by atoms with van der Waals surface area (Å²) in [5, 5.41) is 11.5. The summed E-state index contributed by atoms with van der Waals surface area (Å²) >= 11 is 0.